The zero-order chi connectivity index (χ0) is 16.7. The van der Waals surface area contributed by atoms with Gasteiger partial charge in [0.2, 0.25) is 5.43 Å². The van der Waals surface area contributed by atoms with E-state index >= 15 is 0 Å². The predicted molar refractivity (Wildman–Crippen MR) is 81.4 cm³/mol. The van der Waals surface area contributed by atoms with E-state index in [1.807, 2.05) is 11.9 Å². The minimum atomic E-state index is -1.08. The zero-order valence-corrected chi connectivity index (χ0v) is 12.9. The fourth-order valence-electron chi connectivity index (χ4n) is 2.96. The minimum absolute atomic E-state index is 0.0115. The number of benzene rings is 1. The number of halogens is 2. The van der Waals surface area contributed by atoms with E-state index < -0.39 is 23.0 Å². The molecule has 5 nitrogen and oxygen atoms in total. The molecule has 1 aliphatic rings. The molecule has 2 aromatic rings. The van der Waals surface area contributed by atoms with Gasteiger partial charge >= 0.3 is 5.97 Å². The van der Waals surface area contributed by atoms with E-state index in [4.69, 9.17) is 4.74 Å². The minimum Gasteiger partial charge on any atom is -0.462 e. The number of pyridine rings is 1. The monoisotopic (exact) mass is 322 g/mol. The van der Waals surface area contributed by atoms with Gasteiger partial charge in [0, 0.05) is 24.8 Å². The first-order valence-corrected chi connectivity index (χ1v) is 7.48. The molecule has 23 heavy (non-hydrogen) atoms. The van der Waals surface area contributed by atoms with Crippen molar-refractivity contribution in [2.45, 2.75) is 20.3 Å². The van der Waals surface area contributed by atoms with E-state index in [-0.39, 0.29) is 23.1 Å². The van der Waals surface area contributed by atoms with E-state index in [2.05, 4.69) is 0 Å². The largest absolute Gasteiger partial charge is 0.462 e. The Labute approximate surface area is 131 Å². The summed E-state index contributed by atoms with van der Waals surface area (Å²) in [4.78, 5) is 24.5. The van der Waals surface area contributed by atoms with E-state index in [0.29, 0.717) is 25.0 Å². The Kier molecular flexibility index (Phi) is 3.79. The molecule has 0 amide bonds. The highest BCUT2D eigenvalue weighted by molar-refractivity contribution is 5.95. The van der Waals surface area contributed by atoms with Crippen molar-refractivity contribution >= 4 is 16.9 Å². The van der Waals surface area contributed by atoms with Gasteiger partial charge in [-0.2, -0.15) is 0 Å². The molecule has 0 aliphatic carbocycles. The summed E-state index contributed by atoms with van der Waals surface area (Å²) in [5, 5.41) is 1.84. The lowest BCUT2D eigenvalue weighted by atomic mass is 10.0. The first-order chi connectivity index (χ1) is 11.0. The number of rotatable bonds is 3. The summed E-state index contributed by atoms with van der Waals surface area (Å²) in [7, 11) is 0. The molecule has 0 atom stereocenters. The van der Waals surface area contributed by atoms with E-state index in [0.717, 1.165) is 6.07 Å². The van der Waals surface area contributed by atoms with Gasteiger partial charge in [0.15, 0.2) is 11.6 Å². The maximum Gasteiger partial charge on any atom is 0.343 e. The topological polar surface area (TPSA) is 51.5 Å². The van der Waals surface area contributed by atoms with Crippen LogP contribution in [-0.4, -0.2) is 30.3 Å². The molecule has 122 valence electrons. The van der Waals surface area contributed by atoms with Crippen molar-refractivity contribution in [1.82, 2.24) is 4.68 Å². The normalized spacial score (nSPS) is 13.5. The summed E-state index contributed by atoms with van der Waals surface area (Å²) in [5.74, 6) is -2.79. The van der Waals surface area contributed by atoms with Crippen LogP contribution in [-0.2, 0) is 11.2 Å². The van der Waals surface area contributed by atoms with Gasteiger partial charge in [0.25, 0.3) is 0 Å². The average Bonchev–Trinajstić information content (AvgIpc) is 2.54. The molecule has 0 N–H and O–H groups in total. The van der Waals surface area contributed by atoms with Crippen molar-refractivity contribution < 1.29 is 18.3 Å². The van der Waals surface area contributed by atoms with Gasteiger partial charge in [-0.05, 0) is 26.3 Å². The Morgan fingerprint density at radius 3 is 2.74 bits per heavy atom. The fourth-order valence-corrected chi connectivity index (χ4v) is 2.96. The van der Waals surface area contributed by atoms with Crippen molar-refractivity contribution in [2.75, 3.05) is 24.7 Å². The molecule has 0 spiro atoms. The van der Waals surface area contributed by atoms with Crippen LogP contribution in [0, 0.1) is 11.6 Å². The second kappa shape index (κ2) is 5.64. The fraction of sp³-hybridized carbons (Fsp3) is 0.375. The summed E-state index contributed by atoms with van der Waals surface area (Å²) in [6, 6.07) is 0.856. The van der Waals surface area contributed by atoms with Crippen LogP contribution in [0.15, 0.2) is 17.1 Å². The zero-order valence-electron chi connectivity index (χ0n) is 12.9. The summed E-state index contributed by atoms with van der Waals surface area (Å²) in [6.45, 7) is 4.71. The number of esters is 1. The molecule has 0 fully saturated rings. The average molecular weight is 322 g/mol. The number of carbonyl (C=O) groups is 1. The Balaban J connectivity index is 2.41. The summed E-state index contributed by atoms with van der Waals surface area (Å²) in [6.07, 6.45) is 1.65. The Bertz CT molecular complexity index is 861. The molecule has 1 aliphatic heterocycles. The Morgan fingerprint density at radius 2 is 2.09 bits per heavy atom. The molecular weight excluding hydrogens is 306 g/mol. The second-order valence-electron chi connectivity index (χ2n) is 5.28. The third-order valence-corrected chi connectivity index (χ3v) is 4.04. The molecule has 0 bridgehead atoms. The number of hydrogen-bond acceptors (Lipinski definition) is 4. The lowest BCUT2D eigenvalue weighted by Gasteiger charge is -2.33. The Morgan fingerprint density at radius 1 is 1.35 bits per heavy atom. The predicted octanol–water partition coefficient (Wildman–Crippen LogP) is 1.97. The molecule has 0 radical (unpaired) electrons. The second-order valence-corrected chi connectivity index (χ2v) is 5.28. The third-order valence-electron chi connectivity index (χ3n) is 4.04. The van der Waals surface area contributed by atoms with Crippen LogP contribution >= 0.6 is 0 Å². The van der Waals surface area contributed by atoms with Gasteiger partial charge in [0.05, 0.1) is 17.5 Å². The Hall–Kier alpha value is -2.44. The van der Waals surface area contributed by atoms with Gasteiger partial charge in [-0.1, -0.05) is 0 Å². The number of ether oxygens (including phenoxy) is 1. The molecule has 3 rings (SSSR count). The van der Waals surface area contributed by atoms with Gasteiger partial charge in [-0.3, -0.25) is 9.47 Å². The van der Waals surface area contributed by atoms with Crippen molar-refractivity contribution in [1.29, 1.82) is 0 Å². The lowest BCUT2D eigenvalue weighted by Crippen LogP contribution is -2.41. The number of hydrogen-bond donors (Lipinski definition) is 0. The van der Waals surface area contributed by atoms with Crippen LogP contribution in [0.25, 0.3) is 10.9 Å². The first-order valence-electron chi connectivity index (χ1n) is 7.48. The molecule has 2 heterocycles. The van der Waals surface area contributed by atoms with Gasteiger partial charge in [-0.25, -0.2) is 13.6 Å². The smallest absolute Gasteiger partial charge is 0.343 e. The summed E-state index contributed by atoms with van der Waals surface area (Å²) < 4.78 is 34.4. The summed E-state index contributed by atoms with van der Waals surface area (Å²) in [5.41, 5.74) is -0.350. The van der Waals surface area contributed by atoms with Crippen LogP contribution in [0.2, 0.25) is 0 Å². The van der Waals surface area contributed by atoms with Gasteiger partial charge in [-0.15, -0.1) is 0 Å². The highest BCUT2D eigenvalue weighted by Crippen LogP contribution is 2.27. The summed E-state index contributed by atoms with van der Waals surface area (Å²) >= 11 is 0. The maximum atomic E-state index is 14.1. The molecular formula is C16H16F2N2O3. The molecule has 0 saturated carbocycles. The van der Waals surface area contributed by atoms with Crippen molar-refractivity contribution in [2.24, 2.45) is 0 Å². The van der Waals surface area contributed by atoms with E-state index in [9.17, 15) is 18.4 Å². The number of aromatic nitrogens is 1. The first kappa shape index (κ1) is 15.5. The van der Waals surface area contributed by atoms with E-state index in [1.165, 1.54) is 6.20 Å². The standard InChI is InChI=1S/C16H16F2N2O3/c1-3-19-6-5-9-13(18)12(17)7-10-14(9)20(19)8-11(15(10)21)16(22)23-4-2/h7-8H,3-6H2,1-2H3. The molecule has 0 saturated heterocycles. The number of nitrogens with zero attached hydrogens (tertiary/aromatic N) is 2. The van der Waals surface area contributed by atoms with Crippen LogP contribution in [0.4, 0.5) is 8.78 Å². The van der Waals surface area contributed by atoms with Crippen LogP contribution in [0.5, 0.6) is 0 Å². The van der Waals surface area contributed by atoms with Crippen molar-refractivity contribution in [3.63, 3.8) is 0 Å². The van der Waals surface area contributed by atoms with Crippen molar-refractivity contribution in [3.05, 3.63) is 45.2 Å². The van der Waals surface area contributed by atoms with Crippen LogP contribution in [0.1, 0.15) is 29.8 Å². The molecule has 1 aromatic carbocycles. The quantitative estimate of drug-likeness (QED) is 0.811. The van der Waals surface area contributed by atoms with Gasteiger partial charge < -0.3 is 9.75 Å². The number of likely N-dealkylation sites (N-methyl/N-ethyl adjacent to an activating group) is 1. The highest BCUT2D eigenvalue weighted by atomic mass is 19.2. The van der Waals surface area contributed by atoms with Crippen LogP contribution < -0.4 is 10.4 Å². The van der Waals surface area contributed by atoms with Crippen molar-refractivity contribution in [3.8, 4) is 0 Å². The molecule has 7 heteroatoms. The molecule has 0 unspecified atom stereocenters. The third kappa shape index (κ3) is 2.27. The lowest BCUT2D eigenvalue weighted by molar-refractivity contribution is 0.0524. The van der Waals surface area contributed by atoms with Gasteiger partial charge in [0.1, 0.15) is 5.56 Å². The molecule has 1 aromatic heterocycles. The van der Waals surface area contributed by atoms with Crippen LogP contribution in [0.3, 0.4) is 0 Å². The maximum absolute atomic E-state index is 14.1. The van der Waals surface area contributed by atoms with E-state index in [1.54, 1.807) is 11.6 Å². The SMILES string of the molecule is CCOC(=O)c1cn2c3c(c(F)c(F)cc3c1=O)CCN2CC. The number of carbonyl (C=O) groups excluding carboxylic acids is 1. The highest BCUT2D eigenvalue weighted by Gasteiger charge is 2.27.